The van der Waals surface area contributed by atoms with Crippen molar-refractivity contribution >= 4 is 15.7 Å². The molecule has 1 heterocycles. The fourth-order valence-electron chi connectivity index (χ4n) is 2.63. The lowest BCUT2D eigenvalue weighted by Crippen LogP contribution is -2.14. The van der Waals surface area contributed by atoms with Crippen LogP contribution >= 0.6 is 0 Å². The summed E-state index contributed by atoms with van der Waals surface area (Å²) in [5, 5.41) is 10.6. The van der Waals surface area contributed by atoms with Crippen molar-refractivity contribution in [2.45, 2.75) is 23.9 Å². The van der Waals surface area contributed by atoms with E-state index in [-0.39, 0.29) is 22.7 Å². The molecule has 114 valence electrons. The van der Waals surface area contributed by atoms with Gasteiger partial charge in [0.25, 0.3) is 5.69 Å². The number of benzene rings is 2. The summed E-state index contributed by atoms with van der Waals surface area (Å²) in [6.45, 7) is 1.85. The number of rotatable bonds is 4. The highest BCUT2D eigenvalue weighted by molar-refractivity contribution is 7.89. The van der Waals surface area contributed by atoms with Crippen LogP contribution in [0.2, 0.25) is 0 Å². The molecule has 1 fully saturated rings. The van der Waals surface area contributed by atoms with E-state index in [2.05, 4.69) is 0 Å². The molecule has 0 aromatic heterocycles. The van der Waals surface area contributed by atoms with Gasteiger partial charge in [0.05, 0.1) is 15.9 Å². The molecule has 3 rings (SSSR count). The molecule has 1 aliphatic rings. The Labute approximate surface area is 128 Å². The number of nitrogens with zero attached hydrogens (tertiary/aromatic N) is 2. The Balaban J connectivity index is 1.89. The molecule has 0 aliphatic carbocycles. The molecule has 0 N–H and O–H groups in total. The summed E-state index contributed by atoms with van der Waals surface area (Å²) in [6, 6.07) is 14.1. The number of sulfonamides is 1. The van der Waals surface area contributed by atoms with Gasteiger partial charge in [-0.05, 0) is 24.6 Å². The standard InChI is InChI=1S/C15H14N2O4S/c1-11-15(12-5-3-2-4-6-12)16(11)22(20,21)14-9-7-13(8-10-14)17(18)19/h2-11,15H,1H3/t11?,15-,16?/m1/s1. The predicted molar refractivity (Wildman–Crippen MR) is 80.8 cm³/mol. The number of hydrogen-bond donors (Lipinski definition) is 0. The quantitative estimate of drug-likeness (QED) is 0.493. The van der Waals surface area contributed by atoms with Gasteiger partial charge in [0.1, 0.15) is 0 Å². The molecule has 2 aromatic rings. The number of hydrogen-bond acceptors (Lipinski definition) is 4. The third-order valence-electron chi connectivity index (χ3n) is 3.81. The minimum absolute atomic E-state index is 0.0726. The summed E-state index contributed by atoms with van der Waals surface area (Å²) in [5.41, 5.74) is 0.817. The maximum absolute atomic E-state index is 12.6. The zero-order valence-electron chi connectivity index (χ0n) is 11.8. The van der Waals surface area contributed by atoms with Crippen molar-refractivity contribution in [2.75, 3.05) is 0 Å². The predicted octanol–water partition coefficient (Wildman–Crippen LogP) is 2.73. The van der Waals surface area contributed by atoms with E-state index in [0.29, 0.717) is 0 Å². The Bertz CT molecular complexity index is 803. The highest BCUT2D eigenvalue weighted by Gasteiger charge is 2.53. The van der Waals surface area contributed by atoms with Gasteiger partial charge < -0.3 is 0 Å². The van der Waals surface area contributed by atoms with Gasteiger partial charge in [-0.1, -0.05) is 30.3 Å². The first-order valence-electron chi connectivity index (χ1n) is 6.76. The topological polar surface area (TPSA) is 80.3 Å². The van der Waals surface area contributed by atoms with E-state index in [1.165, 1.54) is 28.6 Å². The van der Waals surface area contributed by atoms with Crippen molar-refractivity contribution in [3.63, 3.8) is 0 Å². The summed E-state index contributed by atoms with van der Waals surface area (Å²) >= 11 is 0. The summed E-state index contributed by atoms with van der Waals surface area (Å²) in [5.74, 6) is 0. The van der Waals surface area contributed by atoms with Gasteiger partial charge in [0, 0.05) is 18.2 Å². The van der Waals surface area contributed by atoms with Crippen LogP contribution in [0, 0.1) is 10.1 Å². The molecule has 3 atom stereocenters. The van der Waals surface area contributed by atoms with E-state index in [0.717, 1.165) is 5.56 Å². The van der Waals surface area contributed by atoms with Gasteiger partial charge in [-0.2, -0.15) is 4.31 Å². The largest absolute Gasteiger partial charge is 0.269 e. The van der Waals surface area contributed by atoms with Crippen molar-refractivity contribution in [3.8, 4) is 0 Å². The SMILES string of the molecule is CC1[C@H](c2ccccc2)N1S(=O)(=O)c1ccc([N+](=O)[O-])cc1. The normalized spacial score (nSPS) is 24.0. The summed E-state index contributed by atoms with van der Waals surface area (Å²) < 4.78 is 26.7. The van der Waals surface area contributed by atoms with Crippen LogP contribution in [0.5, 0.6) is 0 Å². The maximum Gasteiger partial charge on any atom is 0.269 e. The first kappa shape index (κ1) is 14.7. The van der Waals surface area contributed by atoms with Crippen molar-refractivity contribution in [1.82, 2.24) is 4.31 Å². The van der Waals surface area contributed by atoms with Gasteiger partial charge in [0.2, 0.25) is 10.0 Å². The van der Waals surface area contributed by atoms with Gasteiger partial charge in [0.15, 0.2) is 0 Å². The van der Waals surface area contributed by atoms with Crippen LogP contribution in [0.3, 0.4) is 0 Å². The second kappa shape index (κ2) is 5.19. The monoisotopic (exact) mass is 318 g/mol. The van der Waals surface area contributed by atoms with E-state index in [1.54, 1.807) is 0 Å². The van der Waals surface area contributed by atoms with Crippen LogP contribution in [0.15, 0.2) is 59.5 Å². The van der Waals surface area contributed by atoms with Gasteiger partial charge >= 0.3 is 0 Å². The second-order valence-corrected chi connectivity index (χ2v) is 7.03. The average molecular weight is 318 g/mol. The Hall–Kier alpha value is -2.25. The molecule has 1 saturated heterocycles. The molecule has 0 spiro atoms. The molecule has 0 saturated carbocycles. The van der Waals surface area contributed by atoms with Crippen molar-refractivity contribution in [2.24, 2.45) is 0 Å². The van der Waals surface area contributed by atoms with Crippen molar-refractivity contribution < 1.29 is 13.3 Å². The Morgan fingerprint density at radius 3 is 2.18 bits per heavy atom. The third kappa shape index (κ3) is 2.38. The molecule has 6 nitrogen and oxygen atoms in total. The van der Waals surface area contributed by atoms with E-state index in [9.17, 15) is 18.5 Å². The molecule has 0 radical (unpaired) electrons. The maximum atomic E-state index is 12.6. The number of nitro groups is 1. The van der Waals surface area contributed by atoms with E-state index >= 15 is 0 Å². The van der Waals surface area contributed by atoms with Gasteiger partial charge in [-0.3, -0.25) is 10.1 Å². The first-order chi connectivity index (χ1) is 10.4. The Morgan fingerprint density at radius 1 is 1.05 bits per heavy atom. The van der Waals surface area contributed by atoms with Crippen LogP contribution < -0.4 is 0 Å². The Morgan fingerprint density at radius 2 is 1.64 bits per heavy atom. The van der Waals surface area contributed by atoms with E-state index in [4.69, 9.17) is 0 Å². The molecular weight excluding hydrogens is 304 g/mol. The van der Waals surface area contributed by atoms with Crippen LogP contribution in [-0.4, -0.2) is 23.7 Å². The Kier molecular flexibility index (Phi) is 3.46. The molecule has 2 unspecified atom stereocenters. The molecule has 0 bridgehead atoms. The summed E-state index contributed by atoms with van der Waals surface area (Å²) in [7, 11) is -3.64. The fraction of sp³-hybridized carbons (Fsp3) is 0.200. The minimum atomic E-state index is -3.64. The number of non-ortho nitro benzene ring substituents is 1. The average Bonchev–Trinajstić information content (AvgIpc) is 3.20. The minimum Gasteiger partial charge on any atom is -0.258 e. The molecule has 7 heteroatoms. The van der Waals surface area contributed by atoms with Crippen molar-refractivity contribution in [1.29, 1.82) is 0 Å². The highest BCUT2D eigenvalue weighted by Crippen LogP contribution is 2.47. The van der Waals surface area contributed by atoms with Crippen LogP contribution in [0.4, 0.5) is 5.69 Å². The smallest absolute Gasteiger partial charge is 0.258 e. The highest BCUT2D eigenvalue weighted by atomic mass is 32.2. The summed E-state index contributed by atoms with van der Waals surface area (Å²) in [6.07, 6.45) is 0. The number of nitro benzene ring substituents is 1. The van der Waals surface area contributed by atoms with E-state index < -0.39 is 14.9 Å². The van der Waals surface area contributed by atoms with Gasteiger partial charge in [-0.25, -0.2) is 8.42 Å². The first-order valence-corrected chi connectivity index (χ1v) is 8.20. The lowest BCUT2D eigenvalue weighted by molar-refractivity contribution is -0.384. The van der Waals surface area contributed by atoms with Crippen molar-refractivity contribution in [3.05, 3.63) is 70.3 Å². The lowest BCUT2D eigenvalue weighted by atomic mass is 10.1. The van der Waals surface area contributed by atoms with Crippen LogP contribution in [0.25, 0.3) is 0 Å². The van der Waals surface area contributed by atoms with E-state index in [1.807, 2.05) is 37.3 Å². The van der Waals surface area contributed by atoms with Crippen LogP contribution in [0.1, 0.15) is 18.5 Å². The van der Waals surface area contributed by atoms with Gasteiger partial charge in [-0.15, -0.1) is 0 Å². The lowest BCUT2D eigenvalue weighted by Gasteiger charge is -2.06. The molecule has 2 aromatic carbocycles. The fourth-order valence-corrected chi connectivity index (χ4v) is 4.45. The zero-order valence-corrected chi connectivity index (χ0v) is 12.6. The molecular formula is C15H14N2O4S. The third-order valence-corrected chi connectivity index (χ3v) is 5.79. The molecule has 0 amide bonds. The zero-order chi connectivity index (χ0) is 15.9. The second-order valence-electron chi connectivity index (χ2n) is 5.18. The molecule has 1 aliphatic heterocycles. The summed E-state index contributed by atoms with van der Waals surface area (Å²) in [4.78, 5) is 10.2. The molecule has 22 heavy (non-hydrogen) atoms. The van der Waals surface area contributed by atoms with Crippen LogP contribution in [-0.2, 0) is 10.0 Å².